The second-order valence-electron chi connectivity index (χ2n) is 4.93. The van der Waals surface area contributed by atoms with Gasteiger partial charge in [0.25, 0.3) is 0 Å². The van der Waals surface area contributed by atoms with Gasteiger partial charge >= 0.3 is 0 Å². The predicted molar refractivity (Wildman–Crippen MR) is 80.7 cm³/mol. The first-order valence-electron chi connectivity index (χ1n) is 6.44. The molecule has 2 aromatic heterocycles. The molecule has 0 amide bonds. The molecule has 0 saturated carbocycles. The molecule has 0 bridgehead atoms. The van der Waals surface area contributed by atoms with Gasteiger partial charge in [-0.05, 0) is 19.1 Å². The molecule has 0 unspecified atom stereocenters. The van der Waals surface area contributed by atoms with Crippen LogP contribution in [0.1, 0.15) is 11.3 Å². The van der Waals surface area contributed by atoms with Gasteiger partial charge in [0.2, 0.25) is 0 Å². The van der Waals surface area contributed by atoms with Crippen molar-refractivity contribution < 1.29 is 9.13 Å². The molecule has 0 aliphatic rings. The lowest BCUT2D eigenvalue weighted by atomic mass is 10.2. The Bertz CT molecular complexity index is 877. The zero-order valence-electron chi connectivity index (χ0n) is 12.0. The first kappa shape index (κ1) is 13.8. The van der Waals surface area contributed by atoms with Gasteiger partial charge in [0.1, 0.15) is 0 Å². The second kappa shape index (κ2) is 5.00. The van der Waals surface area contributed by atoms with Crippen molar-refractivity contribution in [3.63, 3.8) is 0 Å². The minimum atomic E-state index is -0.411. The Labute approximate surface area is 126 Å². The van der Waals surface area contributed by atoms with E-state index in [-0.39, 0.29) is 5.75 Å². The van der Waals surface area contributed by atoms with E-state index in [4.69, 9.17) is 17.0 Å². The molecule has 0 saturated heterocycles. The highest BCUT2D eigenvalue weighted by atomic mass is 32.1. The number of imidazole rings is 1. The topological polar surface area (TPSA) is 47.8 Å². The number of rotatable bonds is 3. The van der Waals surface area contributed by atoms with Gasteiger partial charge in [-0.15, -0.1) is 0 Å². The van der Waals surface area contributed by atoms with Gasteiger partial charge in [-0.1, -0.05) is 0 Å². The van der Waals surface area contributed by atoms with Crippen LogP contribution in [-0.4, -0.2) is 26.4 Å². The molecule has 7 heteroatoms. The average Bonchev–Trinajstić information content (AvgIpc) is 2.89. The molecule has 21 heavy (non-hydrogen) atoms. The number of methoxy groups -OCH3 is 1. The van der Waals surface area contributed by atoms with Gasteiger partial charge in [0.15, 0.2) is 16.3 Å². The predicted octanol–water partition coefficient (Wildman–Crippen LogP) is 2.94. The fourth-order valence-electron chi connectivity index (χ4n) is 2.45. The fraction of sp³-hybridized carbons (Fsp3) is 0.286. The Morgan fingerprint density at radius 3 is 2.81 bits per heavy atom. The Morgan fingerprint density at radius 2 is 2.19 bits per heavy atom. The van der Waals surface area contributed by atoms with Crippen molar-refractivity contribution in [3.05, 3.63) is 40.2 Å². The number of hydrogen-bond donors (Lipinski definition) is 1. The molecule has 3 rings (SSSR count). The second-order valence-corrected chi connectivity index (χ2v) is 5.32. The summed E-state index contributed by atoms with van der Waals surface area (Å²) in [6, 6.07) is 3.05. The number of hydrogen-bond acceptors (Lipinski definition) is 3. The molecular formula is C14H15FN4OS. The van der Waals surface area contributed by atoms with Crippen molar-refractivity contribution in [1.82, 2.24) is 19.3 Å². The van der Waals surface area contributed by atoms with Crippen LogP contribution < -0.4 is 4.74 Å². The van der Waals surface area contributed by atoms with E-state index in [0.29, 0.717) is 16.8 Å². The highest BCUT2D eigenvalue weighted by molar-refractivity contribution is 7.71. The molecule has 0 aliphatic heterocycles. The molecule has 0 spiro atoms. The van der Waals surface area contributed by atoms with Crippen molar-refractivity contribution >= 4 is 23.3 Å². The van der Waals surface area contributed by atoms with Crippen LogP contribution in [0.3, 0.4) is 0 Å². The number of H-pyrrole nitrogens is 1. The standard InChI is InChI=1S/C14H15FN4OS/c1-8-9(6-18(2)17-8)7-19-12-5-13(20-3)10(15)4-11(12)16-14(19)21/h4-6H,7H2,1-3H3,(H,16,21). The minimum absolute atomic E-state index is 0.202. The maximum Gasteiger partial charge on any atom is 0.178 e. The quantitative estimate of drug-likeness (QED) is 0.757. The third-order valence-corrected chi connectivity index (χ3v) is 3.81. The zero-order chi connectivity index (χ0) is 15.1. The monoisotopic (exact) mass is 306 g/mol. The van der Waals surface area contributed by atoms with E-state index in [2.05, 4.69) is 10.1 Å². The molecule has 0 fully saturated rings. The number of fused-ring (bicyclic) bond motifs is 1. The molecule has 110 valence electrons. The smallest absolute Gasteiger partial charge is 0.178 e. The summed E-state index contributed by atoms with van der Waals surface area (Å²) in [5.41, 5.74) is 3.47. The number of ether oxygens (including phenoxy) is 1. The van der Waals surface area contributed by atoms with Crippen LogP contribution in [0, 0.1) is 17.5 Å². The summed E-state index contributed by atoms with van der Waals surface area (Å²) < 4.78 is 23.0. The van der Waals surface area contributed by atoms with Crippen LogP contribution in [0.25, 0.3) is 11.0 Å². The van der Waals surface area contributed by atoms with E-state index in [9.17, 15) is 4.39 Å². The Hall–Kier alpha value is -2.15. The Balaban J connectivity index is 2.15. The van der Waals surface area contributed by atoms with Crippen LogP contribution in [0.4, 0.5) is 4.39 Å². The van der Waals surface area contributed by atoms with E-state index in [0.717, 1.165) is 16.8 Å². The molecule has 5 nitrogen and oxygen atoms in total. The normalized spacial score (nSPS) is 11.2. The summed E-state index contributed by atoms with van der Waals surface area (Å²) in [5, 5.41) is 4.32. The van der Waals surface area contributed by atoms with Crippen LogP contribution in [0.2, 0.25) is 0 Å². The fourth-order valence-corrected chi connectivity index (χ4v) is 2.72. The molecule has 2 heterocycles. The number of aryl methyl sites for hydroxylation is 2. The lowest BCUT2D eigenvalue weighted by Gasteiger charge is -2.06. The number of nitrogens with zero attached hydrogens (tertiary/aromatic N) is 3. The van der Waals surface area contributed by atoms with Gasteiger partial charge in [-0.3, -0.25) is 4.68 Å². The van der Waals surface area contributed by atoms with E-state index >= 15 is 0 Å². The Kier molecular flexibility index (Phi) is 3.29. The highest BCUT2D eigenvalue weighted by Gasteiger charge is 2.12. The number of halogens is 1. The third kappa shape index (κ3) is 2.33. The molecule has 0 aliphatic carbocycles. The first-order chi connectivity index (χ1) is 9.99. The van der Waals surface area contributed by atoms with E-state index < -0.39 is 5.82 Å². The van der Waals surface area contributed by atoms with Crippen LogP contribution in [-0.2, 0) is 13.6 Å². The lowest BCUT2D eigenvalue weighted by Crippen LogP contribution is -2.00. The van der Waals surface area contributed by atoms with Gasteiger partial charge < -0.3 is 14.3 Å². The molecule has 0 atom stereocenters. The van der Waals surface area contributed by atoms with Crippen molar-refractivity contribution in [3.8, 4) is 5.75 Å². The summed E-state index contributed by atoms with van der Waals surface area (Å²) in [6.07, 6.45) is 1.96. The minimum Gasteiger partial charge on any atom is -0.494 e. The van der Waals surface area contributed by atoms with E-state index in [1.54, 1.807) is 10.7 Å². The van der Waals surface area contributed by atoms with E-state index in [1.807, 2.05) is 24.7 Å². The van der Waals surface area contributed by atoms with Crippen molar-refractivity contribution in [2.45, 2.75) is 13.5 Å². The molecular weight excluding hydrogens is 291 g/mol. The van der Waals surface area contributed by atoms with Crippen LogP contribution in [0.15, 0.2) is 18.3 Å². The van der Waals surface area contributed by atoms with Crippen molar-refractivity contribution in [2.75, 3.05) is 7.11 Å². The highest BCUT2D eigenvalue weighted by Crippen LogP contribution is 2.25. The number of aromatic nitrogens is 4. The zero-order valence-corrected chi connectivity index (χ0v) is 12.8. The van der Waals surface area contributed by atoms with Gasteiger partial charge in [-0.25, -0.2) is 4.39 Å². The van der Waals surface area contributed by atoms with Crippen molar-refractivity contribution in [1.29, 1.82) is 0 Å². The maximum absolute atomic E-state index is 13.8. The molecule has 0 radical (unpaired) electrons. The number of benzene rings is 1. The van der Waals surface area contributed by atoms with Crippen LogP contribution >= 0.6 is 12.2 Å². The summed E-state index contributed by atoms with van der Waals surface area (Å²) in [5.74, 6) is -0.209. The lowest BCUT2D eigenvalue weighted by molar-refractivity contribution is 0.387. The van der Waals surface area contributed by atoms with Crippen molar-refractivity contribution in [2.24, 2.45) is 7.05 Å². The number of aromatic amines is 1. The van der Waals surface area contributed by atoms with Crippen LogP contribution in [0.5, 0.6) is 5.75 Å². The first-order valence-corrected chi connectivity index (χ1v) is 6.85. The summed E-state index contributed by atoms with van der Waals surface area (Å²) >= 11 is 5.34. The Morgan fingerprint density at radius 1 is 1.43 bits per heavy atom. The molecule has 1 aromatic carbocycles. The summed E-state index contributed by atoms with van der Waals surface area (Å²) in [7, 11) is 3.32. The largest absolute Gasteiger partial charge is 0.494 e. The third-order valence-electron chi connectivity index (χ3n) is 3.49. The summed E-state index contributed by atoms with van der Waals surface area (Å²) in [6.45, 7) is 2.53. The van der Waals surface area contributed by atoms with Gasteiger partial charge in [0, 0.05) is 30.9 Å². The SMILES string of the molecule is COc1cc2c(cc1F)[nH]c(=S)n2Cc1cn(C)nc1C. The summed E-state index contributed by atoms with van der Waals surface area (Å²) in [4.78, 5) is 3.02. The average molecular weight is 306 g/mol. The maximum atomic E-state index is 13.8. The molecule has 3 aromatic rings. The van der Waals surface area contributed by atoms with Gasteiger partial charge in [0.05, 0.1) is 30.4 Å². The van der Waals surface area contributed by atoms with Gasteiger partial charge in [-0.2, -0.15) is 5.10 Å². The number of nitrogens with one attached hydrogen (secondary N) is 1. The molecule has 1 N–H and O–H groups in total. The van der Waals surface area contributed by atoms with E-state index in [1.165, 1.54) is 13.2 Å².